The molecular formula is C18H23F3N2O6. The van der Waals surface area contributed by atoms with E-state index in [-0.39, 0.29) is 30.8 Å². The van der Waals surface area contributed by atoms with Crippen molar-refractivity contribution in [2.24, 2.45) is 0 Å². The van der Waals surface area contributed by atoms with Crippen LogP contribution in [0.5, 0.6) is 0 Å². The van der Waals surface area contributed by atoms with E-state index >= 15 is 0 Å². The first-order valence-corrected chi connectivity index (χ1v) is 8.94. The molecule has 1 amide bonds. The minimum Gasteiger partial charge on any atom is -0.475 e. The number of carbonyl (C=O) groups is 2. The second-order valence-electron chi connectivity index (χ2n) is 6.54. The zero-order chi connectivity index (χ0) is 21.4. The molecule has 0 radical (unpaired) electrons. The maximum absolute atomic E-state index is 12.2. The Morgan fingerprint density at radius 2 is 2.14 bits per heavy atom. The first kappa shape index (κ1) is 23.0. The molecule has 3 atom stereocenters. The van der Waals surface area contributed by atoms with E-state index in [1.165, 1.54) is 0 Å². The standard InChI is InChI=1S/C16H22N2O4.C2HF3O2/c1-20-11-15(19)18-9-14(16-13(18)5-3-7-21-16)22-10-12-4-2-6-17-8-12;3-2(4,5)1(6)7/h2,4,6,8,13-14,16H,3,5,7,9-11H2,1H3;(H,6,7)/t13-,14+,16-;/m0./s1. The molecule has 3 heterocycles. The summed E-state index contributed by atoms with van der Waals surface area (Å²) in [6.45, 7) is 1.90. The SMILES string of the molecule is COCC(=O)N1C[C@@H](OCc2cccnc2)[C@H]2OCCC[C@@H]21.O=C(O)C(F)(F)F. The predicted octanol–water partition coefficient (Wildman–Crippen LogP) is 1.64. The average molecular weight is 420 g/mol. The zero-order valence-electron chi connectivity index (χ0n) is 15.8. The molecule has 2 saturated heterocycles. The van der Waals surface area contributed by atoms with E-state index in [1.54, 1.807) is 19.5 Å². The number of alkyl halides is 3. The Morgan fingerprint density at radius 1 is 1.41 bits per heavy atom. The van der Waals surface area contributed by atoms with Gasteiger partial charge in [-0.05, 0) is 24.5 Å². The van der Waals surface area contributed by atoms with Gasteiger partial charge in [-0.1, -0.05) is 6.07 Å². The lowest BCUT2D eigenvalue weighted by atomic mass is 10.0. The zero-order valence-corrected chi connectivity index (χ0v) is 15.8. The Kier molecular flexibility index (Phi) is 8.35. The van der Waals surface area contributed by atoms with Crippen LogP contribution in [0.1, 0.15) is 18.4 Å². The quantitative estimate of drug-likeness (QED) is 0.773. The van der Waals surface area contributed by atoms with Gasteiger partial charge in [0.2, 0.25) is 5.91 Å². The molecule has 2 fully saturated rings. The van der Waals surface area contributed by atoms with E-state index < -0.39 is 12.1 Å². The maximum Gasteiger partial charge on any atom is 0.490 e. The number of carboxylic acids is 1. The van der Waals surface area contributed by atoms with Crippen molar-refractivity contribution in [1.29, 1.82) is 0 Å². The van der Waals surface area contributed by atoms with Crippen molar-refractivity contribution in [3.05, 3.63) is 30.1 Å². The van der Waals surface area contributed by atoms with E-state index in [0.717, 1.165) is 25.0 Å². The number of carboxylic acid groups (broad SMARTS) is 1. The van der Waals surface area contributed by atoms with Crippen molar-refractivity contribution >= 4 is 11.9 Å². The molecule has 29 heavy (non-hydrogen) atoms. The van der Waals surface area contributed by atoms with Crippen LogP contribution in [0.4, 0.5) is 13.2 Å². The first-order chi connectivity index (χ1) is 13.7. The lowest BCUT2D eigenvalue weighted by molar-refractivity contribution is -0.192. The summed E-state index contributed by atoms with van der Waals surface area (Å²) in [5.74, 6) is -2.75. The number of aromatic nitrogens is 1. The van der Waals surface area contributed by atoms with E-state index in [0.29, 0.717) is 13.2 Å². The van der Waals surface area contributed by atoms with Crippen LogP contribution in [0.3, 0.4) is 0 Å². The molecule has 0 aromatic carbocycles. The number of ether oxygens (including phenoxy) is 3. The van der Waals surface area contributed by atoms with Crippen LogP contribution in [-0.2, 0) is 30.4 Å². The monoisotopic (exact) mass is 420 g/mol. The fraction of sp³-hybridized carbons (Fsp3) is 0.611. The van der Waals surface area contributed by atoms with Gasteiger partial charge in [0.1, 0.15) is 18.8 Å². The van der Waals surface area contributed by atoms with Crippen LogP contribution in [0.2, 0.25) is 0 Å². The van der Waals surface area contributed by atoms with Crippen LogP contribution in [0, 0.1) is 0 Å². The molecule has 0 saturated carbocycles. The van der Waals surface area contributed by atoms with Gasteiger partial charge in [0, 0.05) is 32.7 Å². The molecule has 162 valence electrons. The summed E-state index contributed by atoms with van der Waals surface area (Å²) in [6, 6.07) is 3.98. The third-order valence-corrected chi connectivity index (χ3v) is 4.49. The normalized spacial score (nSPS) is 23.7. The second kappa shape index (κ2) is 10.5. The summed E-state index contributed by atoms with van der Waals surface area (Å²) in [7, 11) is 1.54. The second-order valence-corrected chi connectivity index (χ2v) is 6.54. The maximum atomic E-state index is 12.2. The van der Waals surface area contributed by atoms with Crippen LogP contribution in [0.25, 0.3) is 0 Å². The smallest absolute Gasteiger partial charge is 0.475 e. The molecule has 1 aromatic heterocycles. The Balaban J connectivity index is 0.000000370. The molecule has 0 unspecified atom stereocenters. The van der Waals surface area contributed by atoms with Gasteiger partial charge in [0.05, 0.1) is 12.6 Å². The van der Waals surface area contributed by atoms with Crippen LogP contribution in [0.15, 0.2) is 24.5 Å². The lowest BCUT2D eigenvalue weighted by Crippen LogP contribution is -2.44. The van der Waals surface area contributed by atoms with Gasteiger partial charge in [0.25, 0.3) is 0 Å². The lowest BCUT2D eigenvalue weighted by Gasteiger charge is -2.32. The van der Waals surface area contributed by atoms with Gasteiger partial charge >= 0.3 is 12.1 Å². The number of aliphatic carboxylic acids is 1. The topological polar surface area (TPSA) is 98.2 Å². The molecule has 2 aliphatic rings. The molecule has 1 N–H and O–H groups in total. The Morgan fingerprint density at radius 3 is 2.72 bits per heavy atom. The van der Waals surface area contributed by atoms with Gasteiger partial charge in [-0.15, -0.1) is 0 Å². The fourth-order valence-corrected chi connectivity index (χ4v) is 3.24. The van der Waals surface area contributed by atoms with Crippen LogP contribution < -0.4 is 0 Å². The fourth-order valence-electron chi connectivity index (χ4n) is 3.24. The molecule has 0 bridgehead atoms. The van der Waals surface area contributed by atoms with E-state index in [1.807, 2.05) is 17.0 Å². The number of amides is 1. The van der Waals surface area contributed by atoms with Crippen molar-refractivity contribution in [2.75, 3.05) is 26.9 Å². The Labute approximate surface area is 165 Å². The number of halogens is 3. The van der Waals surface area contributed by atoms with Crippen molar-refractivity contribution < 1.29 is 42.1 Å². The highest BCUT2D eigenvalue weighted by molar-refractivity contribution is 5.78. The molecule has 1 aromatic rings. The molecule has 11 heteroatoms. The third-order valence-electron chi connectivity index (χ3n) is 4.49. The van der Waals surface area contributed by atoms with Crippen molar-refractivity contribution in [1.82, 2.24) is 9.88 Å². The number of likely N-dealkylation sites (tertiary alicyclic amines) is 1. The number of pyridine rings is 1. The number of hydrogen-bond acceptors (Lipinski definition) is 6. The number of carbonyl (C=O) groups excluding carboxylic acids is 1. The third kappa shape index (κ3) is 6.65. The number of rotatable bonds is 5. The molecule has 8 nitrogen and oxygen atoms in total. The van der Waals surface area contributed by atoms with Gasteiger partial charge in [-0.2, -0.15) is 13.2 Å². The number of methoxy groups -OCH3 is 1. The summed E-state index contributed by atoms with van der Waals surface area (Å²) < 4.78 is 48.6. The van der Waals surface area contributed by atoms with E-state index in [2.05, 4.69) is 4.98 Å². The average Bonchev–Trinajstić information content (AvgIpc) is 3.06. The predicted molar refractivity (Wildman–Crippen MR) is 92.9 cm³/mol. The summed E-state index contributed by atoms with van der Waals surface area (Å²) in [6.07, 6.45) is 0.268. The summed E-state index contributed by atoms with van der Waals surface area (Å²) in [5.41, 5.74) is 1.02. The van der Waals surface area contributed by atoms with Crippen LogP contribution in [-0.4, -0.2) is 78.2 Å². The minimum atomic E-state index is -5.08. The highest BCUT2D eigenvalue weighted by Crippen LogP contribution is 2.31. The highest BCUT2D eigenvalue weighted by atomic mass is 19.4. The van der Waals surface area contributed by atoms with Crippen LogP contribution >= 0.6 is 0 Å². The minimum absolute atomic E-state index is 0.00970. The van der Waals surface area contributed by atoms with Crippen molar-refractivity contribution in [2.45, 2.75) is 43.9 Å². The summed E-state index contributed by atoms with van der Waals surface area (Å²) >= 11 is 0. The van der Waals surface area contributed by atoms with Gasteiger partial charge in [-0.3, -0.25) is 9.78 Å². The molecule has 2 aliphatic heterocycles. The number of fused-ring (bicyclic) bond motifs is 1. The van der Waals surface area contributed by atoms with Crippen molar-refractivity contribution in [3.63, 3.8) is 0 Å². The Hall–Kier alpha value is -2.24. The van der Waals surface area contributed by atoms with Gasteiger partial charge in [0.15, 0.2) is 0 Å². The molecule has 3 rings (SSSR count). The highest BCUT2D eigenvalue weighted by Gasteiger charge is 2.46. The number of hydrogen-bond donors (Lipinski definition) is 1. The Bertz CT molecular complexity index is 673. The largest absolute Gasteiger partial charge is 0.490 e. The first-order valence-electron chi connectivity index (χ1n) is 8.94. The summed E-state index contributed by atoms with van der Waals surface area (Å²) in [4.78, 5) is 27.0. The van der Waals surface area contributed by atoms with E-state index in [9.17, 15) is 18.0 Å². The van der Waals surface area contributed by atoms with Gasteiger partial charge in [-0.25, -0.2) is 4.79 Å². The van der Waals surface area contributed by atoms with E-state index in [4.69, 9.17) is 24.1 Å². The van der Waals surface area contributed by atoms with Gasteiger partial charge < -0.3 is 24.2 Å². The summed E-state index contributed by atoms with van der Waals surface area (Å²) in [5, 5.41) is 7.12. The molecule has 0 spiro atoms. The molecule has 0 aliphatic carbocycles. The van der Waals surface area contributed by atoms with Crippen molar-refractivity contribution in [3.8, 4) is 0 Å². The molecular weight excluding hydrogens is 397 g/mol. The number of nitrogens with zero attached hydrogens (tertiary/aromatic N) is 2.